The Kier molecular flexibility index (Phi) is 5.00. The summed E-state index contributed by atoms with van der Waals surface area (Å²) >= 11 is 1.41. The van der Waals surface area contributed by atoms with E-state index in [4.69, 9.17) is 4.74 Å². The third-order valence-electron chi connectivity index (χ3n) is 3.00. The van der Waals surface area contributed by atoms with Crippen LogP contribution >= 0.6 is 11.8 Å². The van der Waals surface area contributed by atoms with Gasteiger partial charge in [-0.25, -0.2) is 0 Å². The van der Waals surface area contributed by atoms with Gasteiger partial charge in [0.15, 0.2) is 0 Å². The smallest absolute Gasteiger partial charge is 0.282 e. The molecule has 22 heavy (non-hydrogen) atoms. The molecular weight excluding hydrogens is 304 g/mol. The summed E-state index contributed by atoms with van der Waals surface area (Å²) in [7, 11) is 1.49. The molecule has 2 rings (SSSR count). The fraction of sp³-hybridized carbons (Fsp3) is 0.133. The molecule has 2 aromatic rings. The molecule has 114 valence electrons. The van der Waals surface area contributed by atoms with Crippen molar-refractivity contribution in [1.29, 1.82) is 0 Å². The van der Waals surface area contributed by atoms with Crippen LogP contribution in [0.4, 0.5) is 11.4 Å². The lowest BCUT2D eigenvalue weighted by Crippen LogP contribution is -2.14. The Labute approximate surface area is 131 Å². The number of nitro groups is 1. The molecule has 0 aliphatic rings. The molecule has 0 unspecified atom stereocenters. The number of ether oxygens (including phenoxy) is 1. The van der Waals surface area contributed by atoms with E-state index in [2.05, 4.69) is 5.32 Å². The Morgan fingerprint density at radius 3 is 2.64 bits per heavy atom. The second kappa shape index (κ2) is 6.95. The highest BCUT2D eigenvalue weighted by molar-refractivity contribution is 7.98. The first-order chi connectivity index (χ1) is 10.6. The quantitative estimate of drug-likeness (QED) is 0.518. The van der Waals surface area contributed by atoms with Crippen LogP contribution in [0.1, 0.15) is 10.4 Å². The van der Waals surface area contributed by atoms with Gasteiger partial charge in [-0.15, -0.1) is 11.8 Å². The van der Waals surface area contributed by atoms with E-state index < -0.39 is 10.8 Å². The monoisotopic (exact) mass is 318 g/mol. The largest absolute Gasteiger partial charge is 0.495 e. The van der Waals surface area contributed by atoms with Crippen LogP contribution in [-0.2, 0) is 0 Å². The van der Waals surface area contributed by atoms with Crippen molar-refractivity contribution < 1.29 is 14.5 Å². The zero-order chi connectivity index (χ0) is 16.1. The number of nitrogens with one attached hydrogen (secondary N) is 1. The number of anilines is 1. The number of thioether (sulfide) groups is 1. The predicted molar refractivity (Wildman–Crippen MR) is 85.8 cm³/mol. The molecule has 0 bridgehead atoms. The number of nitro benzene ring substituents is 1. The SMILES string of the molecule is COc1ccccc1NC(=O)c1cc(SC)ccc1[N+](=O)[O-]. The highest BCUT2D eigenvalue weighted by atomic mass is 32.2. The lowest BCUT2D eigenvalue weighted by molar-refractivity contribution is -0.385. The predicted octanol–water partition coefficient (Wildman–Crippen LogP) is 3.58. The van der Waals surface area contributed by atoms with E-state index in [1.165, 1.54) is 31.0 Å². The maximum absolute atomic E-state index is 12.4. The zero-order valence-electron chi connectivity index (χ0n) is 12.0. The molecule has 0 heterocycles. The van der Waals surface area contributed by atoms with Gasteiger partial charge in [-0.3, -0.25) is 14.9 Å². The van der Waals surface area contributed by atoms with Gasteiger partial charge in [-0.05, 0) is 30.5 Å². The number of hydrogen-bond acceptors (Lipinski definition) is 5. The minimum absolute atomic E-state index is 0.0164. The average Bonchev–Trinajstić information content (AvgIpc) is 2.54. The van der Waals surface area contributed by atoms with E-state index in [9.17, 15) is 14.9 Å². The molecule has 0 spiro atoms. The first kappa shape index (κ1) is 15.8. The molecule has 0 aromatic heterocycles. The summed E-state index contributed by atoms with van der Waals surface area (Å²) in [5.74, 6) is -0.0633. The Balaban J connectivity index is 2.38. The number of carbonyl (C=O) groups excluding carboxylic acids is 1. The molecule has 0 aliphatic carbocycles. The van der Waals surface area contributed by atoms with E-state index in [1.807, 2.05) is 6.26 Å². The molecule has 1 amide bonds. The number of amides is 1. The molecule has 6 nitrogen and oxygen atoms in total. The van der Waals surface area contributed by atoms with Crippen molar-refractivity contribution in [2.24, 2.45) is 0 Å². The van der Waals surface area contributed by atoms with E-state index in [0.717, 1.165) is 4.90 Å². The first-order valence-corrected chi connectivity index (χ1v) is 7.56. The van der Waals surface area contributed by atoms with Gasteiger partial charge < -0.3 is 10.1 Å². The molecule has 0 radical (unpaired) electrons. The molecular formula is C15H14N2O4S. The van der Waals surface area contributed by atoms with E-state index >= 15 is 0 Å². The lowest BCUT2D eigenvalue weighted by atomic mass is 10.1. The van der Waals surface area contributed by atoms with Gasteiger partial charge >= 0.3 is 0 Å². The zero-order valence-corrected chi connectivity index (χ0v) is 12.8. The summed E-state index contributed by atoms with van der Waals surface area (Å²) < 4.78 is 5.15. The van der Waals surface area contributed by atoms with E-state index in [0.29, 0.717) is 11.4 Å². The topological polar surface area (TPSA) is 81.5 Å². The number of hydrogen-bond donors (Lipinski definition) is 1. The lowest BCUT2D eigenvalue weighted by Gasteiger charge is -2.10. The summed E-state index contributed by atoms with van der Waals surface area (Å²) in [5.41, 5.74) is 0.242. The highest BCUT2D eigenvalue weighted by Gasteiger charge is 2.21. The van der Waals surface area contributed by atoms with E-state index in [1.54, 1.807) is 30.3 Å². The average molecular weight is 318 g/mol. The Bertz CT molecular complexity index is 718. The van der Waals surface area contributed by atoms with Gasteiger partial charge in [-0.1, -0.05) is 12.1 Å². The summed E-state index contributed by atoms with van der Waals surface area (Å²) in [6.45, 7) is 0. The first-order valence-electron chi connectivity index (χ1n) is 6.33. The van der Waals surface area contributed by atoms with Gasteiger partial charge in [0, 0.05) is 11.0 Å². The number of benzene rings is 2. The van der Waals surface area contributed by atoms with Crippen molar-refractivity contribution in [2.45, 2.75) is 4.90 Å². The van der Waals surface area contributed by atoms with Crippen LogP contribution < -0.4 is 10.1 Å². The van der Waals surface area contributed by atoms with Crippen LogP contribution in [0.5, 0.6) is 5.75 Å². The van der Waals surface area contributed by atoms with Crippen LogP contribution in [-0.4, -0.2) is 24.2 Å². The normalized spacial score (nSPS) is 10.1. The van der Waals surface area contributed by atoms with Crippen molar-refractivity contribution >= 4 is 29.0 Å². The Morgan fingerprint density at radius 2 is 2.00 bits per heavy atom. The number of nitrogens with zero attached hydrogens (tertiary/aromatic N) is 1. The number of methoxy groups -OCH3 is 1. The molecule has 1 N–H and O–H groups in total. The standard InChI is InChI=1S/C15H14N2O4S/c1-21-14-6-4-3-5-12(14)16-15(18)11-9-10(22-2)7-8-13(11)17(19)20/h3-9H,1-2H3,(H,16,18). The summed E-state index contributed by atoms with van der Waals surface area (Å²) in [5, 5.41) is 13.7. The third-order valence-corrected chi connectivity index (χ3v) is 3.73. The van der Waals surface area contributed by atoms with Crippen molar-refractivity contribution in [2.75, 3.05) is 18.7 Å². The van der Waals surface area contributed by atoms with Crippen LogP contribution in [0.15, 0.2) is 47.4 Å². The molecule has 0 aliphatic heterocycles. The minimum Gasteiger partial charge on any atom is -0.495 e. The second-order valence-corrected chi connectivity index (χ2v) is 5.17. The summed E-state index contributed by atoms with van der Waals surface area (Å²) in [6.07, 6.45) is 1.84. The van der Waals surface area contributed by atoms with E-state index in [-0.39, 0.29) is 11.3 Å². The highest BCUT2D eigenvalue weighted by Crippen LogP contribution is 2.28. The number of para-hydroxylation sites is 2. The van der Waals surface area contributed by atoms with Gasteiger partial charge in [0.25, 0.3) is 11.6 Å². The van der Waals surface area contributed by atoms with Gasteiger partial charge in [-0.2, -0.15) is 0 Å². The molecule has 0 saturated heterocycles. The maximum Gasteiger partial charge on any atom is 0.282 e. The van der Waals surface area contributed by atoms with Crippen molar-refractivity contribution in [3.8, 4) is 5.75 Å². The summed E-state index contributed by atoms with van der Waals surface area (Å²) in [6, 6.07) is 11.3. The number of carbonyl (C=O) groups is 1. The Hall–Kier alpha value is -2.54. The summed E-state index contributed by atoms with van der Waals surface area (Å²) in [4.78, 5) is 23.7. The molecule has 0 atom stereocenters. The van der Waals surface area contributed by atoms with Crippen LogP contribution in [0.3, 0.4) is 0 Å². The fourth-order valence-corrected chi connectivity index (χ4v) is 2.36. The fourth-order valence-electron chi connectivity index (χ4n) is 1.92. The van der Waals surface area contributed by atoms with Crippen molar-refractivity contribution in [3.05, 3.63) is 58.1 Å². The van der Waals surface area contributed by atoms with Crippen molar-refractivity contribution in [1.82, 2.24) is 0 Å². The third kappa shape index (κ3) is 3.37. The molecule has 7 heteroatoms. The molecule has 0 fully saturated rings. The van der Waals surface area contributed by atoms with Crippen LogP contribution in [0.2, 0.25) is 0 Å². The van der Waals surface area contributed by atoms with Crippen molar-refractivity contribution in [3.63, 3.8) is 0 Å². The minimum atomic E-state index is -0.568. The number of rotatable bonds is 5. The Morgan fingerprint density at radius 1 is 1.27 bits per heavy atom. The second-order valence-electron chi connectivity index (χ2n) is 4.29. The van der Waals surface area contributed by atoms with Gasteiger partial charge in [0.05, 0.1) is 17.7 Å². The molecule has 0 saturated carbocycles. The van der Waals surface area contributed by atoms with Crippen LogP contribution in [0.25, 0.3) is 0 Å². The van der Waals surface area contributed by atoms with Gasteiger partial charge in [0.2, 0.25) is 0 Å². The van der Waals surface area contributed by atoms with Crippen LogP contribution in [0, 0.1) is 10.1 Å². The maximum atomic E-state index is 12.4. The van der Waals surface area contributed by atoms with Gasteiger partial charge in [0.1, 0.15) is 11.3 Å². The molecule has 2 aromatic carbocycles.